The number of hydrogen-bond donors (Lipinski definition) is 2. The average Bonchev–Trinajstić information content (AvgIpc) is 2.78. The number of halogens is 1. The van der Waals surface area contributed by atoms with Crippen LogP contribution in [0.5, 0.6) is 0 Å². The third-order valence-electron chi connectivity index (χ3n) is 5.40. The second-order valence-electron chi connectivity index (χ2n) is 7.42. The molecule has 1 aliphatic rings. The number of carbonyl (C=O) groups is 1. The van der Waals surface area contributed by atoms with Crippen molar-refractivity contribution in [3.63, 3.8) is 0 Å². The Kier molecular flexibility index (Phi) is 7.31. The summed E-state index contributed by atoms with van der Waals surface area (Å²) in [7, 11) is 0. The number of aliphatic hydroxyl groups excluding tert-OH is 1. The zero-order valence-corrected chi connectivity index (χ0v) is 19.1. The fourth-order valence-corrected chi connectivity index (χ4v) is 3.68. The van der Waals surface area contributed by atoms with Crippen molar-refractivity contribution in [2.24, 2.45) is 4.99 Å². The summed E-state index contributed by atoms with van der Waals surface area (Å²) >= 11 is 6.33. The lowest BCUT2D eigenvalue weighted by Crippen LogP contribution is -2.29. The molecule has 0 aliphatic heterocycles. The van der Waals surface area contributed by atoms with Gasteiger partial charge in [0, 0.05) is 24.3 Å². The first-order valence-corrected chi connectivity index (χ1v) is 10.8. The maximum atomic E-state index is 12.7. The fourth-order valence-electron chi connectivity index (χ4n) is 3.48. The maximum Gasteiger partial charge on any atom is 0.220 e. The van der Waals surface area contributed by atoms with Crippen LogP contribution in [0.25, 0.3) is 0 Å². The summed E-state index contributed by atoms with van der Waals surface area (Å²) < 4.78 is 0. The van der Waals surface area contributed by atoms with Crippen molar-refractivity contribution in [3.8, 4) is 0 Å². The standard InChI is InChI=1S/C25H28ClN3O2/c1-5-29(6-2)19-12-13-20(16(3)14-19)27-21-15-22(24(30)23(26)17(21)4)28-25(31)18-10-8-7-9-11-18/h7-15,25,28,31H,5-6H2,1-4H3/b27-21+. The van der Waals surface area contributed by atoms with E-state index in [4.69, 9.17) is 16.6 Å². The fraction of sp³-hybridized carbons (Fsp3) is 0.280. The highest BCUT2D eigenvalue weighted by Crippen LogP contribution is 2.29. The number of allylic oxidation sites excluding steroid dienone is 3. The van der Waals surface area contributed by atoms with E-state index in [1.165, 1.54) is 0 Å². The molecule has 0 saturated heterocycles. The first-order valence-electron chi connectivity index (χ1n) is 10.4. The van der Waals surface area contributed by atoms with Crippen molar-refractivity contribution in [3.05, 3.63) is 82.0 Å². The molecule has 0 heterocycles. The third-order valence-corrected chi connectivity index (χ3v) is 5.85. The summed E-state index contributed by atoms with van der Waals surface area (Å²) in [5, 5.41) is 13.4. The minimum Gasteiger partial charge on any atom is -0.372 e. The van der Waals surface area contributed by atoms with Crippen LogP contribution in [0.1, 0.15) is 38.1 Å². The first-order chi connectivity index (χ1) is 14.8. The predicted molar refractivity (Wildman–Crippen MR) is 128 cm³/mol. The smallest absolute Gasteiger partial charge is 0.220 e. The number of benzene rings is 2. The lowest BCUT2D eigenvalue weighted by atomic mass is 10.0. The molecule has 1 aliphatic carbocycles. The van der Waals surface area contributed by atoms with Crippen LogP contribution in [-0.4, -0.2) is 29.7 Å². The molecule has 6 heteroatoms. The van der Waals surface area contributed by atoms with Gasteiger partial charge in [0.2, 0.25) is 5.78 Å². The molecule has 2 aromatic rings. The molecule has 162 valence electrons. The van der Waals surface area contributed by atoms with Gasteiger partial charge in [-0.05, 0) is 63.1 Å². The summed E-state index contributed by atoms with van der Waals surface area (Å²) in [5.41, 5.74) is 5.06. The quantitative estimate of drug-likeness (QED) is 0.463. The first kappa shape index (κ1) is 22.8. The third kappa shape index (κ3) is 5.06. The summed E-state index contributed by atoms with van der Waals surface area (Å²) in [6.45, 7) is 9.93. The highest BCUT2D eigenvalue weighted by atomic mass is 35.5. The Balaban J connectivity index is 1.93. The van der Waals surface area contributed by atoms with E-state index in [0.29, 0.717) is 16.8 Å². The largest absolute Gasteiger partial charge is 0.372 e. The van der Waals surface area contributed by atoms with Gasteiger partial charge in [-0.25, -0.2) is 4.99 Å². The Labute approximate surface area is 188 Å². The van der Waals surface area contributed by atoms with Crippen molar-refractivity contribution < 1.29 is 9.90 Å². The van der Waals surface area contributed by atoms with E-state index in [9.17, 15) is 9.90 Å². The van der Waals surface area contributed by atoms with Gasteiger partial charge >= 0.3 is 0 Å². The van der Waals surface area contributed by atoms with Crippen LogP contribution in [0.3, 0.4) is 0 Å². The van der Waals surface area contributed by atoms with Crippen LogP contribution in [0, 0.1) is 6.92 Å². The molecule has 0 aromatic heterocycles. The molecule has 5 nitrogen and oxygen atoms in total. The van der Waals surface area contributed by atoms with E-state index < -0.39 is 6.23 Å². The molecule has 1 atom stereocenters. The number of nitrogens with zero attached hydrogens (tertiary/aromatic N) is 2. The van der Waals surface area contributed by atoms with Gasteiger partial charge in [0.15, 0.2) is 6.23 Å². The van der Waals surface area contributed by atoms with Gasteiger partial charge in [0.1, 0.15) is 0 Å². The minimum atomic E-state index is -1.03. The van der Waals surface area contributed by atoms with Gasteiger partial charge in [-0.2, -0.15) is 0 Å². The van der Waals surface area contributed by atoms with Crippen LogP contribution in [-0.2, 0) is 4.79 Å². The van der Waals surface area contributed by atoms with E-state index in [1.807, 2.05) is 31.2 Å². The highest BCUT2D eigenvalue weighted by Gasteiger charge is 2.25. The lowest BCUT2D eigenvalue weighted by molar-refractivity contribution is -0.112. The Morgan fingerprint density at radius 3 is 2.39 bits per heavy atom. The van der Waals surface area contributed by atoms with Crippen LogP contribution < -0.4 is 10.2 Å². The van der Waals surface area contributed by atoms with E-state index in [2.05, 4.69) is 36.2 Å². The molecule has 0 saturated carbocycles. The zero-order chi connectivity index (χ0) is 22.5. The molecule has 0 radical (unpaired) electrons. The van der Waals surface area contributed by atoms with Gasteiger partial charge < -0.3 is 15.3 Å². The van der Waals surface area contributed by atoms with Crippen molar-refractivity contribution in [2.45, 2.75) is 33.9 Å². The summed E-state index contributed by atoms with van der Waals surface area (Å²) in [5.74, 6) is -0.360. The van der Waals surface area contributed by atoms with Crippen LogP contribution in [0.4, 0.5) is 11.4 Å². The Hall–Kier alpha value is -2.89. The minimum absolute atomic E-state index is 0.0985. The molecule has 0 fully saturated rings. The van der Waals surface area contributed by atoms with Gasteiger partial charge in [0.25, 0.3) is 0 Å². The number of aliphatic hydroxyl groups is 1. The second kappa shape index (κ2) is 9.94. The number of hydrogen-bond acceptors (Lipinski definition) is 5. The molecule has 2 aromatic carbocycles. The van der Waals surface area contributed by atoms with E-state index in [1.54, 1.807) is 25.1 Å². The van der Waals surface area contributed by atoms with E-state index >= 15 is 0 Å². The number of aryl methyl sites for hydroxylation is 1. The molecule has 31 heavy (non-hydrogen) atoms. The summed E-state index contributed by atoms with van der Waals surface area (Å²) in [6, 6.07) is 15.2. The maximum absolute atomic E-state index is 12.7. The topological polar surface area (TPSA) is 64.9 Å². The Bertz CT molecular complexity index is 1050. The van der Waals surface area contributed by atoms with Crippen LogP contribution in [0.15, 0.2) is 75.9 Å². The normalized spacial score (nSPS) is 16.4. The molecule has 0 bridgehead atoms. The van der Waals surface area contributed by atoms with Crippen molar-refractivity contribution in [1.29, 1.82) is 0 Å². The second-order valence-corrected chi connectivity index (χ2v) is 7.80. The lowest BCUT2D eigenvalue weighted by Gasteiger charge is -2.22. The van der Waals surface area contributed by atoms with Gasteiger partial charge in [-0.15, -0.1) is 0 Å². The van der Waals surface area contributed by atoms with Crippen LogP contribution >= 0.6 is 11.6 Å². The number of aliphatic imine (C=N–C) groups is 1. The molecule has 3 rings (SSSR count). The number of ketones is 1. The molecule has 0 amide bonds. The zero-order valence-electron chi connectivity index (χ0n) is 18.3. The van der Waals surface area contributed by atoms with Crippen molar-refractivity contribution in [2.75, 3.05) is 18.0 Å². The van der Waals surface area contributed by atoms with Crippen LogP contribution in [0.2, 0.25) is 0 Å². The number of anilines is 1. The molecular weight excluding hydrogens is 410 g/mol. The molecular formula is C25H28ClN3O2. The molecule has 2 N–H and O–H groups in total. The van der Waals surface area contributed by atoms with Gasteiger partial charge in [0.05, 0.1) is 22.1 Å². The SMILES string of the molecule is CCN(CC)c1ccc(/N=C2\C=C(NC(O)c3ccccc3)C(=O)C(Cl)=C2C)c(C)c1. The molecule has 0 spiro atoms. The number of rotatable bonds is 7. The Morgan fingerprint density at radius 1 is 1.10 bits per heavy atom. The number of nitrogens with one attached hydrogen (secondary N) is 1. The number of carbonyl (C=O) groups excluding carboxylic acids is 1. The number of Topliss-reactive ketones (excluding diaryl/α,β-unsaturated/α-hetero) is 1. The van der Waals surface area contributed by atoms with Gasteiger partial charge in [-0.3, -0.25) is 4.79 Å². The summed E-state index contributed by atoms with van der Waals surface area (Å²) in [6.07, 6.45) is 0.614. The van der Waals surface area contributed by atoms with E-state index in [-0.39, 0.29) is 16.5 Å². The Morgan fingerprint density at radius 2 is 1.77 bits per heavy atom. The average molecular weight is 438 g/mol. The predicted octanol–water partition coefficient (Wildman–Crippen LogP) is 5.17. The van der Waals surface area contributed by atoms with Crippen molar-refractivity contribution in [1.82, 2.24) is 5.32 Å². The van der Waals surface area contributed by atoms with Gasteiger partial charge in [-0.1, -0.05) is 41.9 Å². The van der Waals surface area contributed by atoms with Crippen molar-refractivity contribution >= 4 is 34.5 Å². The summed E-state index contributed by atoms with van der Waals surface area (Å²) in [4.78, 5) is 19.7. The molecule has 1 unspecified atom stereocenters. The highest BCUT2D eigenvalue weighted by molar-refractivity contribution is 6.49. The van der Waals surface area contributed by atoms with E-state index in [0.717, 1.165) is 30.0 Å². The monoisotopic (exact) mass is 437 g/mol.